The maximum Gasteiger partial charge on any atom is 0.237 e. The van der Waals surface area contributed by atoms with E-state index in [0.29, 0.717) is 6.54 Å². The Hall–Kier alpha value is -1.07. The number of amides is 1. The Labute approximate surface area is 115 Å². The number of rotatable bonds is 4. The summed E-state index contributed by atoms with van der Waals surface area (Å²) in [6.07, 6.45) is 1.93. The van der Waals surface area contributed by atoms with E-state index in [-0.39, 0.29) is 11.9 Å². The minimum atomic E-state index is -0.0862. The number of methoxy groups -OCH3 is 1. The lowest BCUT2D eigenvalue weighted by atomic mass is 10.1. The predicted molar refractivity (Wildman–Crippen MR) is 73.6 cm³/mol. The molecular formula is C13H17BrN2O2. The normalized spacial score (nSPS) is 19.4. The zero-order valence-electron chi connectivity index (χ0n) is 10.3. The van der Waals surface area contributed by atoms with Crippen molar-refractivity contribution in [1.82, 2.24) is 10.6 Å². The van der Waals surface area contributed by atoms with Gasteiger partial charge in [0.15, 0.2) is 0 Å². The maximum absolute atomic E-state index is 11.6. The molecule has 1 fully saturated rings. The molecule has 0 saturated carbocycles. The molecule has 1 heterocycles. The van der Waals surface area contributed by atoms with Crippen LogP contribution in [0.1, 0.15) is 18.4 Å². The molecule has 0 spiro atoms. The van der Waals surface area contributed by atoms with E-state index in [1.807, 2.05) is 18.2 Å². The summed E-state index contributed by atoms with van der Waals surface area (Å²) in [5.41, 5.74) is 1.09. The molecule has 1 unspecified atom stereocenters. The molecule has 1 atom stereocenters. The summed E-state index contributed by atoms with van der Waals surface area (Å²) >= 11 is 3.50. The lowest BCUT2D eigenvalue weighted by Gasteiger charge is -2.23. The number of hydrogen-bond acceptors (Lipinski definition) is 3. The lowest BCUT2D eigenvalue weighted by Crippen LogP contribution is -2.47. The zero-order valence-corrected chi connectivity index (χ0v) is 11.9. The Morgan fingerprint density at radius 2 is 2.39 bits per heavy atom. The van der Waals surface area contributed by atoms with E-state index in [1.165, 1.54) is 0 Å². The van der Waals surface area contributed by atoms with Crippen LogP contribution in [-0.4, -0.2) is 25.6 Å². The van der Waals surface area contributed by atoms with Crippen molar-refractivity contribution in [2.45, 2.75) is 25.4 Å². The van der Waals surface area contributed by atoms with Crippen LogP contribution in [0.5, 0.6) is 5.75 Å². The van der Waals surface area contributed by atoms with Gasteiger partial charge < -0.3 is 15.4 Å². The summed E-state index contributed by atoms with van der Waals surface area (Å²) < 4.78 is 6.22. The third-order valence-corrected chi connectivity index (χ3v) is 3.85. The molecule has 5 heteroatoms. The van der Waals surface area contributed by atoms with Crippen LogP contribution >= 0.6 is 15.9 Å². The van der Waals surface area contributed by atoms with Gasteiger partial charge in [0.25, 0.3) is 0 Å². The molecule has 1 saturated heterocycles. The Kier molecular flexibility index (Phi) is 4.60. The first kappa shape index (κ1) is 13.4. The van der Waals surface area contributed by atoms with Crippen LogP contribution in [0.25, 0.3) is 0 Å². The molecule has 1 amide bonds. The Bertz CT molecular complexity index is 437. The minimum absolute atomic E-state index is 0.0862. The van der Waals surface area contributed by atoms with Gasteiger partial charge in [-0.25, -0.2) is 0 Å². The molecule has 0 aliphatic carbocycles. The number of nitrogens with one attached hydrogen (secondary N) is 2. The highest BCUT2D eigenvalue weighted by Gasteiger charge is 2.21. The molecule has 2 N–H and O–H groups in total. The summed E-state index contributed by atoms with van der Waals surface area (Å²) in [6, 6.07) is 5.74. The maximum atomic E-state index is 11.6. The Morgan fingerprint density at radius 3 is 3.11 bits per heavy atom. The van der Waals surface area contributed by atoms with Crippen molar-refractivity contribution < 1.29 is 9.53 Å². The van der Waals surface area contributed by atoms with Crippen LogP contribution in [0.2, 0.25) is 0 Å². The fraction of sp³-hybridized carbons (Fsp3) is 0.462. The second-order valence-electron chi connectivity index (χ2n) is 4.32. The summed E-state index contributed by atoms with van der Waals surface area (Å²) in [6.45, 7) is 1.44. The zero-order chi connectivity index (χ0) is 13.0. The molecule has 0 radical (unpaired) electrons. The summed E-state index contributed by atoms with van der Waals surface area (Å²) in [7, 11) is 1.65. The summed E-state index contributed by atoms with van der Waals surface area (Å²) in [5.74, 6) is 0.920. The standard InChI is InChI=1S/C13H17BrN2O2/c1-18-10-4-5-11(14)9(7-10)8-16-12-3-2-6-15-13(12)17/h4-5,7,12,16H,2-3,6,8H2,1H3,(H,15,17). The van der Waals surface area contributed by atoms with E-state index in [9.17, 15) is 4.79 Å². The molecule has 1 aromatic rings. The molecule has 0 aromatic heterocycles. The molecule has 2 rings (SSSR count). The number of benzene rings is 1. The molecule has 98 valence electrons. The first-order valence-corrected chi connectivity index (χ1v) is 6.83. The quantitative estimate of drug-likeness (QED) is 0.891. The number of piperidine rings is 1. The van der Waals surface area contributed by atoms with Crippen LogP contribution in [0.15, 0.2) is 22.7 Å². The number of halogens is 1. The fourth-order valence-corrected chi connectivity index (χ4v) is 2.40. The first-order valence-electron chi connectivity index (χ1n) is 6.04. The van der Waals surface area contributed by atoms with Crippen LogP contribution in [0, 0.1) is 0 Å². The highest BCUT2D eigenvalue weighted by atomic mass is 79.9. The monoisotopic (exact) mass is 312 g/mol. The van der Waals surface area contributed by atoms with Crippen LogP contribution in [0.4, 0.5) is 0 Å². The highest BCUT2D eigenvalue weighted by Crippen LogP contribution is 2.22. The van der Waals surface area contributed by atoms with Crippen LogP contribution < -0.4 is 15.4 Å². The number of carbonyl (C=O) groups is 1. The highest BCUT2D eigenvalue weighted by molar-refractivity contribution is 9.10. The van der Waals surface area contributed by atoms with Crippen molar-refractivity contribution in [3.63, 3.8) is 0 Å². The van der Waals surface area contributed by atoms with Gasteiger partial charge in [0.05, 0.1) is 13.2 Å². The van der Waals surface area contributed by atoms with E-state index in [0.717, 1.165) is 35.2 Å². The van der Waals surface area contributed by atoms with Gasteiger partial charge in [-0.1, -0.05) is 15.9 Å². The van der Waals surface area contributed by atoms with Crippen molar-refractivity contribution in [3.8, 4) is 5.75 Å². The second kappa shape index (κ2) is 6.20. The Balaban J connectivity index is 1.98. The van der Waals surface area contributed by atoms with Crippen molar-refractivity contribution in [2.75, 3.05) is 13.7 Å². The SMILES string of the molecule is COc1ccc(Br)c(CNC2CCCNC2=O)c1. The number of hydrogen-bond donors (Lipinski definition) is 2. The van der Waals surface area contributed by atoms with Crippen molar-refractivity contribution >= 4 is 21.8 Å². The van der Waals surface area contributed by atoms with Gasteiger partial charge in [-0.05, 0) is 36.6 Å². The van der Waals surface area contributed by atoms with Crippen molar-refractivity contribution in [1.29, 1.82) is 0 Å². The average molecular weight is 313 g/mol. The van der Waals surface area contributed by atoms with Crippen LogP contribution in [0.3, 0.4) is 0 Å². The van der Waals surface area contributed by atoms with E-state index < -0.39 is 0 Å². The predicted octanol–water partition coefficient (Wildman–Crippen LogP) is 1.83. The minimum Gasteiger partial charge on any atom is -0.497 e. The molecule has 0 bridgehead atoms. The second-order valence-corrected chi connectivity index (χ2v) is 5.18. The molecule has 1 aliphatic heterocycles. The molecule has 18 heavy (non-hydrogen) atoms. The van der Waals surface area contributed by atoms with E-state index in [1.54, 1.807) is 7.11 Å². The van der Waals surface area contributed by atoms with Crippen LogP contribution in [-0.2, 0) is 11.3 Å². The van der Waals surface area contributed by atoms with Crippen molar-refractivity contribution in [3.05, 3.63) is 28.2 Å². The summed E-state index contributed by atoms with van der Waals surface area (Å²) in [4.78, 5) is 11.6. The molecular weight excluding hydrogens is 296 g/mol. The van der Waals surface area contributed by atoms with E-state index in [2.05, 4.69) is 26.6 Å². The van der Waals surface area contributed by atoms with Gasteiger partial charge in [-0.15, -0.1) is 0 Å². The first-order chi connectivity index (χ1) is 8.70. The van der Waals surface area contributed by atoms with E-state index >= 15 is 0 Å². The largest absolute Gasteiger partial charge is 0.497 e. The van der Waals surface area contributed by atoms with Gasteiger partial charge in [0, 0.05) is 17.6 Å². The number of carbonyl (C=O) groups excluding carboxylic acids is 1. The molecule has 1 aromatic carbocycles. The Morgan fingerprint density at radius 1 is 1.56 bits per heavy atom. The molecule has 4 nitrogen and oxygen atoms in total. The fourth-order valence-electron chi connectivity index (χ4n) is 2.01. The van der Waals surface area contributed by atoms with Gasteiger partial charge >= 0.3 is 0 Å². The smallest absolute Gasteiger partial charge is 0.237 e. The van der Waals surface area contributed by atoms with Gasteiger partial charge in [0.2, 0.25) is 5.91 Å². The van der Waals surface area contributed by atoms with Gasteiger partial charge in [-0.3, -0.25) is 4.79 Å². The van der Waals surface area contributed by atoms with E-state index in [4.69, 9.17) is 4.74 Å². The average Bonchev–Trinajstić information content (AvgIpc) is 2.39. The van der Waals surface area contributed by atoms with Gasteiger partial charge in [0.1, 0.15) is 5.75 Å². The topological polar surface area (TPSA) is 50.4 Å². The summed E-state index contributed by atoms with van der Waals surface area (Å²) in [5, 5.41) is 6.15. The molecule has 1 aliphatic rings. The van der Waals surface area contributed by atoms with Gasteiger partial charge in [-0.2, -0.15) is 0 Å². The number of ether oxygens (including phenoxy) is 1. The lowest BCUT2D eigenvalue weighted by molar-refractivity contribution is -0.124. The third-order valence-electron chi connectivity index (χ3n) is 3.08. The third kappa shape index (κ3) is 3.23. The van der Waals surface area contributed by atoms with Crippen molar-refractivity contribution in [2.24, 2.45) is 0 Å².